The lowest BCUT2D eigenvalue weighted by molar-refractivity contribution is 0.0600. The van der Waals surface area contributed by atoms with E-state index >= 15 is 0 Å². The van der Waals surface area contributed by atoms with Gasteiger partial charge in [-0.1, -0.05) is 19.9 Å². The van der Waals surface area contributed by atoms with E-state index in [0.717, 1.165) is 4.57 Å². The highest BCUT2D eigenvalue weighted by Crippen LogP contribution is 2.13. The molecule has 0 saturated heterocycles. The van der Waals surface area contributed by atoms with E-state index in [1.807, 2.05) is 13.8 Å². The number of ether oxygens (including phenoxy) is 1. The zero-order chi connectivity index (χ0) is 21.0. The van der Waals surface area contributed by atoms with Crippen LogP contribution in [0, 0.1) is 5.92 Å². The van der Waals surface area contributed by atoms with E-state index < -0.39 is 23.0 Å². The quantitative estimate of drug-likeness (QED) is 0.532. The summed E-state index contributed by atoms with van der Waals surface area (Å²) in [6.45, 7) is 3.85. The first-order valence-electron chi connectivity index (χ1n) is 8.72. The molecule has 28 heavy (non-hydrogen) atoms. The van der Waals surface area contributed by atoms with E-state index in [1.165, 1.54) is 24.8 Å². The van der Waals surface area contributed by atoms with Crippen LogP contribution in [0.5, 0.6) is 0 Å². The van der Waals surface area contributed by atoms with Crippen molar-refractivity contribution in [3.8, 4) is 0 Å². The number of carbonyl (C=O) groups excluding carboxylic acids is 2. The first kappa shape index (κ1) is 20.9. The highest BCUT2D eigenvalue weighted by molar-refractivity contribution is 6.02. The maximum atomic E-state index is 12.7. The molecule has 0 bridgehead atoms. The maximum absolute atomic E-state index is 12.7. The van der Waals surface area contributed by atoms with Crippen molar-refractivity contribution in [1.82, 2.24) is 9.13 Å². The van der Waals surface area contributed by atoms with Crippen molar-refractivity contribution in [3.63, 3.8) is 0 Å². The zero-order valence-electron chi connectivity index (χ0n) is 16.3. The number of nitrogens with two attached hydrogens (primary N) is 1. The average molecular weight is 388 g/mol. The van der Waals surface area contributed by atoms with Crippen molar-refractivity contribution in [2.45, 2.75) is 20.4 Å². The Balaban J connectivity index is 2.32. The van der Waals surface area contributed by atoms with E-state index in [9.17, 15) is 19.2 Å². The van der Waals surface area contributed by atoms with Crippen LogP contribution in [0.15, 0.2) is 33.9 Å². The molecule has 0 aliphatic rings. The lowest BCUT2D eigenvalue weighted by Crippen LogP contribution is -2.43. The maximum Gasteiger partial charge on any atom is 0.337 e. The molecule has 0 radical (unpaired) electrons. The Kier molecular flexibility index (Phi) is 6.40. The van der Waals surface area contributed by atoms with Gasteiger partial charge in [-0.15, -0.1) is 0 Å². The highest BCUT2D eigenvalue weighted by Gasteiger charge is 2.21. The summed E-state index contributed by atoms with van der Waals surface area (Å²) in [6, 6.07) is 6.41. The number of esters is 1. The minimum absolute atomic E-state index is 0.0969. The van der Waals surface area contributed by atoms with Gasteiger partial charge in [-0.05, 0) is 24.1 Å². The molecule has 1 heterocycles. The number of nitrogens with zero attached hydrogens (tertiary/aromatic N) is 2. The molecule has 2 aromatic rings. The molecular weight excluding hydrogens is 364 g/mol. The summed E-state index contributed by atoms with van der Waals surface area (Å²) in [5, 5.41) is 2.86. The molecule has 3 N–H and O–H groups in total. The van der Waals surface area contributed by atoms with E-state index in [-0.39, 0.29) is 30.4 Å². The second-order valence-corrected chi connectivity index (χ2v) is 6.76. The van der Waals surface area contributed by atoms with Gasteiger partial charge in [0.15, 0.2) is 5.78 Å². The Labute approximate surface area is 161 Å². The molecule has 0 unspecified atom stereocenters. The highest BCUT2D eigenvalue weighted by atomic mass is 16.5. The predicted molar refractivity (Wildman–Crippen MR) is 106 cm³/mol. The number of nitrogens with one attached hydrogen (secondary N) is 1. The fourth-order valence-electron chi connectivity index (χ4n) is 2.73. The Morgan fingerprint density at radius 1 is 1.25 bits per heavy atom. The smallest absolute Gasteiger partial charge is 0.337 e. The summed E-state index contributed by atoms with van der Waals surface area (Å²) in [5.74, 6) is -1.11. The van der Waals surface area contributed by atoms with Crippen LogP contribution in [0.3, 0.4) is 0 Å². The van der Waals surface area contributed by atoms with E-state index in [2.05, 4.69) is 10.1 Å². The van der Waals surface area contributed by atoms with Gasteiger partial charge < -0.3 is 15.8 Å². The van der Waals surface area contributed by atoms with Crippen molar-refractivity contribution in [1.29, 1.82) is 0 Å². The van der Waals surface area contributed by atoms with Crippen LogP contribution < -0.4 is 22.3 Å². The van der Waals surface area contributed by atoms with E-state index in [4.69, 9.17) is 5.73 Å². The molecular formula is C19H24N4O5. The number of hydrogen-bond acceptors (Lipinski definition) is 7. The molecule has 0 saturated carbocycles. The van der Waals surface area contributed by atoms with Crippen LogP contribution in [0.1, 0.15) is 34.6 Å². The summed E-state index contributed by atoms with van der Waals surface area (Å²) >= 11 is 0. The molecule has 1 aromatic heterocycles. The van der Waals surface area contributed by atoms with Gasteiger partial charge in [-0.2, -0.15) is 0 Å². The summed E-state index contributed by atoms with van der Waals surface area (Å²) in [5.41, 5.74) is 5.28. The average Bonchev–Trinajstić information content (AvgIpc) is 2.67. The SMILES string of the molecule is COC(=O)c1cccc(NCC(=O)c2c(N)n(CC(C)C)c(=O)n(C)c2=O)c1. The third kappa shape index (κ3) is 4.30. The number of hydrogen-bond donors (Lipinski definition) is 2. The largest absolute Gasteiger partial charge is 0.465 e. The normalized spacial score (nSPS) is 10.8. The van der Waals surface area contributed by atoms with Crippen LogP contribution in [-0.4, -0.2) is 34.5 Å². The number of ketones is 1. The van der Waals surface area contributed by atoms with Crippen LogP contribution in [0.25, 0.3) is 0 Å². The van der Waals surface area contributed by atoms with Crippen molar-refractivity contribution in [2.24, 2.45) is 13.0 Å². The van der Waals surface area contributed by atoms with E-state index in [0.29, 0.717) is 11.3 Å². The Hall–Kier alpha value is -3.36. The number of carbonyl (C=O) groups is 2. The monoisotopic (exact) mass is 388 g/mol. The predicted octanol–water partition coefficient (Wildman–Crippen LogP) is 0.867. The number of nitrogen functional groups attached to an aromatic ring is 1. The van der Waals surface area contributed by atoms with Crippen molar-refractivity contribution in [3.05, 3.63) is 56.2 Å². The van der Waals surface area contributed by atoms with Gasteiger partial charge in [0.2, 0.25) is 0 Å². The van der Waals surface area contributed by atoms with Gasteiger partial charge >= 0.3 is 11.7 Å². The minimum Gasteiger partial charge on any atom is -0.465 e. The molecule has 0 aliphatic carbocycles. The molecule has 0 aliphatic heterocycles. The second-order valence-electron chi connectivity index (χ2n) is 6.76. The standard InChI is InChI=1S/C19H24N4O5/c1-11(2)10-23-16(20)15(17(25)22(3)19(23)27)14(24)9-21-13-7-5-6-12(8-13)18(26)28-4/h5-8,11,21H,9-10,20H2,1-4H3. The molecule has 0 amide bonds. The van der Waals surface area contributed by atoms with Crippen LogP contribution in [-0.2, 0) is 18.3 Å². The van der Waals surface area contributed by atoms with Crippen molar-refractivity contribution >= 4 is 23.3 Å². The van der Waals surface area contributed by atoms with Crippen LogP contribution >= 0.6 is 0 Å². The molecule has 0 atom stereocenters. The molecule has 9 heteroatoms. The van der Waals surface area contributed by atoms with Crippen molar-refractivity contribution < 1.29 is 14.3 Å². The first-order valence-corrected chi connectivity index (χ1v) is 8.72. The minimum atomic E-state index is -0.738. The van der Waals surface area contributed by atoms with Gasteiger partial charge in [-0.3, -0.25) is 18.7 Å². The summed E-state index contributed by atoms with van der Waals surface area (Å²) < 4.78 is 6.77. The van der Waals surface area contributed by atoms with Gasteiger partial charge in [0, 0.05) is 19.3 Å². The summed E-state index contributed by atoms with van der Waals surface area (Å²) in [6.07, 6.45) is 0. The molecule has 1 aromatic carbocycles. The Morgan fingerprint density at radius 2 is 1.93 bits per heavy atom. The molecule has 0 fully saturated rings. The van der Waals surface area contributed by atoms with Gasteiger partial charge in [0.25, 0.3) is 5.56 Å². The summed E-state index contributed by atoms with van der Waals surface area (Å²) in [4.78, 5) is 49.0. The molecule has 0 spiro atoms. The number of benzene rings is 1. The van der Waals surface area contributed by atoms with Gasteiger partial charge in [-0.25, -0.2) is 9.59 Å². The number of methoxy groups -OCH3 is 1. The topological polar surface area (TPSA) is 125 Å². The van der Waals surface area contributed by atoms with Gasteiger partial charge in [0.05, 0.1) is 19.2 Å². The molecule has 9 nitrogen and oxygen atoms in total. The van der Waals surface area contributed by atoms with Crippen LogP contribution in [0.2, 0.25) is 0 Å². The fourth-order valence-corrected chi connectivity index (χ4v) is 2.73. The summed E-state index contributed by atoms with van der Waals surface area (Å²) in [7, 11) is 2.58. The second kappa shape index (κ2) is 8.55. The first-order chi connectivity index (χ1) is 13.2. The number of rotatable bonds is 7. The lowest BCUT2D eigenvalue weighted by Gasteiger charge is -2.16. The Morgan fingerprint density at radius 3 is 2.54 bits per heavy atom. The van der Waals surface area contributed by atoms with Crippen molar-refractivity contribution in [2.75, 3.05) is 24.7 Å². The van der Waals surface area contributed by atoms with Crippen LogP contribution in [0.4, 0.5) is 11.5 Å². The van der Waals surface area contributed by atoms with E-state index in [1.54, 1.807) is 18.2 Å². The fraction of sp³-hybridized carbons (Fsp3) is 0.368. The third-order valence-corrected chi connectivity index (χ3v) is 4.15. The Bertz CT molecular complexity index is 1020. The zero-order valence-corrected chi connectivity index (χ0v) is 16.3. The lowest BCUT2D eigenvalue weighted by atomic mass is 10.1. The van der Waals surface area contributed by atoms with Gasteiger partial charge in [0.1, 0.15) is 11.4 Å². The third-order valence-electron chi connectivity index (χ3n) is 4.15. The molecule has 2 rings (SSSR count). The number of Topliss-reactive ketones (excluding diaryl/α,β-unsaturated/α-hetero) is 1. The number of aromatic nitrogens is 2. The molecule has 150 valence electrons. The number of anilines is 2.